The zero-order chi connectivity index (χ0) is 26.5. The standard InChI is InChI=1S/C29H37F2N3O4/c30-22-6-8-26(31)21(12-22)15-34-17-24(35)18-37-19-28-27(34)9-7-25(38-28)13-29(36)32-23-10-11-33(16-23)14-20-4-2-1-3-5-20/h1-6,8,12,23-25,27-28,35H,7,9-11,13-19H2,(H,32,36)/t23-,24+,25-,27-,28+/m0/s1. The number of carbonyl (C=O) groups is 1. The molecule has 2 aromatic carbocycles. The Hall–Kier alpha value is -2.43. The summed E-state index contributed by atoms with van der Waals surface area (Å²) < 4.78 is 40.2. The Bertz CT molecular complexity index is 1080. The van der Waals surface area contributed by atoms with Gasteiger partial charge in [0, 0.05) is 50.4 Å². The van der Waals surface area contributed by atoms with E-state index < -0.39 is 17.7 Å². The van der Waals surface area contributed by atoms with Crippen molar-refractivity contribution in [3.63, 3.8) is 0 Å². The van der Waals surface area contributed by atoms with E-state index in [4.69, 9.17) is 9.47 Å². The molecule has 1 amide bonds. The number of hydrogen-bond donors (Lipinski definition) is 2. The topological polar surface area (TPSA) is 74.3 Å². The average molecular weight is 530 g/mol. The number of rotatable bonds is 7. The normalized spacial score (nSPS) is 28.9. The molecule has 0 aliphatic carbocycles. The van der Waals surface area contributed by atoms with Gasteiger partial charge in [-0.25, -0.2) is 8.78 Å². The van der Waals surface area contributed by atoms with Crippen LogP contribution in [0.15, 0.2) is 48.5 Å². The number of aliphatic hydroxyl groups excluding tert-OH is 1. The highest BCUT2D eigenvalue weighted by atomic mass is 19.1. The number of β-amino-alcohol motifs (C(OH)–C–C–N with tert-alkyl or cyclic N) is 1. The maximum Gasteiger partial charge on any atom is 0.222 e. The molecule has 0 unspecified atom stereocenters. The van der Waals surface area contributed by atoms with E-state index in [0.717, 1.165) is 38.2 Å². The lowest BCUT2D eigenvalue weighted by molar-refractivity contribution is -0.158. The van der Waals surface area contributed by atoms with Crippen molar-refractivity contribution in [1.82, 2.24) is 15.1 Å². The van der Waals surface area contributed by atoms with Crippen LogP contribution in [0.5, 0.6) is 0 Å². The second kappa shape index (κ2) is 12.6. The molecular weight excluding hydrogens is 492 g/mol. The first-order valence-electron chi connectivity index (χ1n) is 13.6. The minimum absolute atomic E-state index is 0.0131. The molecule has 3 aliphatic rings. The number of benzene rings is 2. The van der Waals surface area contributed by atoms with Crippen molar-refractivity contribution in [1.29, 1.82) is 0 Å². The van der Waals surface area contributed by atoms with Crippen molar-refractivity contribution < 1.29 is 28.2 Å². The fraction of sp³-hybridized carbons (Fsp3) is 0.552. The summed E-state index contributed by atoms with van der Waals surface area (Å²) in [6.07, 6.45) is 1.29. The zero-order valence-corrected chi connectivity index (χ0v) is 21.6. The van der Waals surface area contributed by atoms with Gasteiger partial charge in [-0.3, -0.25) is 14.6 Å². The van der Waals surface area contributed by atoms with Crippen LogP contribution < -0.4 is 5.32 Å². The third-order valence-corrected chi connectivity index (χ3v) is 7.77. The fourth-order valence-corrected chi connectivity index (χ4v) is 5.94. The van der Waals surface area contributed by atoms with Crippen molar-refractivity contribution in [2.24, 2.45) is 0 Å². The summed E-state index contributed by atoms with van der Waals surface area (Å²) in [6, 6.07) is 13.8. The molecule has 2 aromatic rings. The molecular formula is C29H37F2N3O4. The van der Waals surface area contributed by atoms with E-state index in [1.165, 1.54) is 11.6 Å². The number of likely N-dealkylation sites (tertiary alicyclic amines) is 1. The van der Waals surface area contributed by atoms with Gasteiger partial charge in [-0.2, -0.15) is 0 Å². The summed E-state index contributed by atoms with van der Waals surface area (Å²) in [5, 5.41) is 13.5. The first-order chi connectivity index (χ1) is 18.4. The third kappa shape index (κ3) is 7.15. The van der Waals surface area contributed by atoms with Gasteiger partial charge < -0.3 is 19.9 Å². The molecule has 38 heavy (non-hydrogen) atoms. The van der Waals surface area contributed by atoms with Crippen molar-refractivity contribution in [2.45, 2.75) is 69.2 Å². The van der Waals surface area contributed by atoms with E-state index in [1.807, 2.05) is 23.1 Å². The molecule has 0 aromatic heterocycles. The Morgan fingerprint density at radius 1 is 1.03 bits per heavy atom. The highest BCUT2D eigenvalue weighted by molar-refractivity contribution is 5.76. The molecule has 0 bridgehead atoms. The summed E-state index contributed by atoms with van der Waals surface area (Å²) in [5.41, 5.74) is 1.52. The van der Waals surface area contributed by atoms with Gasteiger partial charge in [-0.15, -0.1) is 0 Å². The van der Waals surface area contributed by atoms with Crippen LogP contribution in [-0.4, -0.2) is 84.1 Å². The highest BCUT2D eigenvalue weighted by Crippen LogP contribution is 2.29. The number of nitrogens with zero attached hydrogens (tertiary/aromatic N) is 2. The number of hydrogen-bond acceptors (Lipinski definition) is 6. The summed E-state index contributed by atoms with van der Waals surface area (Å²) >= 11 is 0. The van der Waals surface area contributed by atoms with Gasteiger partial charge in [0.15, 0.2) is 0 Å². The molecule has 3 heterocycles. The van der Waals surface area contributed by atoms with Crippen LogP contribution in [0.2, 0.25) is 0 Å². The van der Waals surface area contributed by atoms with Crippen molar-refractivity contribution >= 4 is 5.91 Å². The lowest BCUT2D eigenvalue weighted by atomic mass is 9.94. The molecule has 9 heteroatoms. The Labute approximate surface area is 222 Å². The summed E-state index contributed by atoms with van der Waals surface area (Å²) in [7, 11) is 0. The van der Waals surface area contributed by atoms with Crippen LogP contribution >= 0.6 is 0 Å². The Morgan fingerprint density at radius 2 is 1.87 bits per heavy atom. The number of carbonyl (C=O) groups excluding carboxylic acids is 1. The second-order valence-electron chi connectivity index (χ2n) is 10.8. The molecule has 3 aliphatic heterocycles. The fourth-order valence-electron chi connectivity index (χ4n) is 5.94. The summed E-state index contributed by atoms with van der Waals surface area (Å²) in [5.74, 6) is -0.984. The first-order valence-corrected chi connectivity index (χ1v) is 13.6. The van der Waals surface area contributed by atoms with Crippen LogP contribution in [0.4, 0.5) is 8.78 Å². The van der Waals surface area contributed by atoms with Gasteiger partial charge in [0.2, 0.25) is 5.91 Å². The largest absolute Gasteiger partial charge is 0.389 e. The van der Waals surface area contributed by atoms with E-state index in [9.17, 15) is 18.7 Å². The van der Waals surface area contributed by atoms with Gasteiger partial charge in [0.05, 0.1) is 37.9 Å². The van der Waals surface area contributed by atoms with Crippen molar-refractivity contribution in [3.05, 3.63) is 71.3 Å². The number of halogens is 2. The molecule has 206 valence electrons. The Balaban J connectivity index is 1.14. The maximum absolute atomic E-state index is 14.4. The van der Waals surface area contributed by atoms with Gasteiger partial charge in [0.1, 0.15) is 11.6 Å². The molecule has 3 fully saturated rings. The monoisotopic (exact) mass is 529 g/mol. The number of ether oxygens (including phenoxy) is 2. The molecule has 5 atom stereocenters. The molecule has 5 rings (SSSR count). The average Bonchev–Trinajstić information content (AvgIpc) is 3.32. The van der Waals surface area contributed by atoms with E-state index >= 15 is 0 Å². The minimum Gasteiger partial charge on any atom is -0.389 e. The van der Waals surface area contributed by atoms with Crippen LogP contribution in [0, 0.1) is 11.6 Å². The van der Waals surface area contributed by atoms with E-state index in [1.54, 1.807) is 0 Å². The Kier molecular flexibility index (Phi) is 9.01. The summed E-state index contributed by atoms with van der Waals surface area (Å²) in [6.45, 7) is 3.52. The third-order valence-electron chi connectivity index (χ3n) is 7.77. The van der Waals surface area contributed by atoms with Gasteiger partial charge >= 0.3 is 0 Å². The Morgan fingerprint density at radius 3 is 2.71 bits per heavy atom. The highest BCUT2D eigenvalue weighted by Gasteiger charge is 2.38. The SMILES string of the molecule is O=C(C[C@@H]1CC[C@H]2[C@@H](COC[C@H](O)CN2Cc2cc(F)ccc2F)O1)N[C@H]1CCN(Cc2ccccc2)C1. The quantitative estimate of drug-likeness (QED) is 0.575. The minimum atomic E-state index is -0.732. The predicted molar refractivity (Wildman–Crippen MR) is 138 cm³/mol. The zero-order valence-electron chi connectivity index (χ0n) is 21.6. The molecule has 3 saturated heterocycles. The lowest BCUT2D eigenvalue weighted by Gasteiger charge is -2.44. The number of fused-ring (bicyclic) bond motifs is 1. The molecule has 0 spiro atoms. The molecule has 0 radical (unpaired) electrons. The van der Waals surface area contributed by atoms with Crippen LogP contribution in [0.1, 0.15) is 36.8 Å². The van der Waals surface area contributed by atoms with Gasteiger partial charge in [-0.1, -0.05) is 30.3 Å². The smallest absolute Gasteiger partial charge is 0.222 e. The number of nitrogens with one attached hydrogen (secondary N) is 1. The summed E-state index contributed by atoms with van der Waals surface area (Å²) in [4.78, 5) is 17.2. The molecule has 0 saturated carbocycles. The maximum atomic E-state index is 14.4. The van der Waals surface area contributed by atoms with Crippen LogP contribution in [-0.2, 0) is 27.4 Å². The molecule has 7 nitrogen and oxygen atoms in total. The number of aliphatic hydroxyl groups is 1. The van der Waals surface area contributed by atoms with E-state index in [-0.39, 0.29) is 68.5 Å². The van der Waals surface area contributed by atoms with E-state index in [0.29, 0.717) is 12.8 Å². The van der Waals surface area contributed by atoms with Gasteiger partial charge in [-0.05, 0) is 43.0 Å². The number of amides is 1. The predicted octanol–water partition coefficient (Wildman–Crippen LogP) is 2.85. The first kappa shape index (κ1) is 27.1. The van der Waals surface area contributed by atoms with Gasteiger partial charge in [0.25, 0.3) is 0 Å². The molecule has 2 N–H and O–H groups in total. The van der Waals surface area contributed by atoms with Crippen LogP contribution in [0.25, 0.3) is 0 Å². The van der Waals surface area contributed by atoms with E-state index in [2.05, 4.69) is 22.3 Å². The van der Waals surface area contributed by atoms with Crippen molar-refractivity contribution in [2.75, 3.05) is 32.8 Å². The second-order valence-corrected chi connectivity index (χ2v) is 10.8. The lowest BCUT2D eigenvalue weighted by Crippen LogP contribution is -2.55. The van der Waals surface area contributed by atoms with Crippen molar-refractivity contribution in [3.8, 4) is 0 Å². The van der Waals surface area contributed by atoms with Crippen LogP contribution in [0.3, 0.4) is 0 Å².